The molecule has 0 bridgehead atoms. The third-order valence-electron chi connectivity index (χ3n) is 2.34. The number of hydrogen-bond acceptors (Lipinski definition) is 3. The molecule has 0 fully saturated rings. The van der Waals surface area contributed by atoms with Gasteiger partial charge in [-0.15, -0.1) is 0 Å². The number of alkyl halides is 2. The van der Waals surface area contributed by atoms with Gasteiger partial charge in [0.2, 0.25) is 0 Å². The third kappa shape index (κ3) is 4.28. The number of benzene rings is 1. The third-order valence-corrected chi connectivity index (χ3v) is 2.34. The Hall–Kier alpha value is -1.20. The second-order valence-corrected chi connectivity index (χ2v) is 4.08. The largest absolute Gasteiger partial charge is 0.492 e. The lowest BCUT2D eigenvalue weighted by molar-refractivity contribution is 0.00591. The fraction of sp³-hybridized carbons (Fsp3) is 0.500. The van der Waals surface area contributed by atoms with E-state index in [1.54, 1.807) is 0 Å². The fourth-order valence-electron chi connectivity index (χ4n) is 1.26. The summed E-state index contributed by atoms with van der Waals surface area (Å²) in [5.41, 5.74) is 4.92. The number of nitrogens with zero attached hydrogens (tertiary/aromatic N) is 1. The lowest BCUT2D eigenvalue weighted by atomic mass is 10.1. The maximum Gasteiger partial charge on any atom is 0.285 e. The Morgan fingerprint density at radius 2 is 1.82 bits per heavy atom. The minimum Gasteiger partial charge on any atom is -0.492 e. The number of ether oxygens (including phenoxy) is 1. The zero-order valence-electron chi connectivity index (χ0n) is 10.1. The van der Waals surface area contributed by atoms with Gasteiger partial charge in [0.25, 0.3) is 5.92 Å². The normalized spacial score (nSPS) is 11.9. The first-order chi connectivity index (χ1) is 7.95. The molecule has 0 aliphatic carbocycles. The summed E-state index contributed by atoms with van der Waals surface area (Å²) in [5.74, 6) is -2.38. The van der Waals surface area contributed by atoms with Crippen molar-refractivity contribution in [1.29, 1.82) is 0 Å². The standard InChI is InChI=1S/C12H18F2N2O/c1-16(2)7-8-17-11-5-3-10(4-6-11)12(13,14)9-15/h3-6H,7-9,15H2,1-2H3. The average Bonchev–Trinajstić information content (AvgIpc) is 2.29. The van der Waals surface area contributed by atoms with Crippen LogP contribution in [0, 0.1) is 0 Å². The van der Waals surface area contributed by atoms with Gasteiger partial charge in [0.05, 0.1) is 6.54 Å². The maximum absolute atomic E-state index is 13.2. The predicted octanol–water partition coefficient (Wildman–Crippen LogP) is 1.68. The van der Waals surface area contributed by atoms with Gasteiger partial charge in [-0.05, 0) is 38.4 Å². The molecule has 0 aliphatic heterocycles. The molecule has 0 amide bonds. The lowest BCUT2D eigenvalue weighted by Gasteiger charge is -2.15. The summed E-state index contributed by atoms with van der Waals surface area (Å²) in [6.45, 7) is 0.619. The molecule has 0 unspecified atom stereocenters. The van der Waals surface area contributed by atoms with Crippen LogP contribution in [-0.2, 0) is 5.92 Å². The summed E-state index contributed by atoms with van der Waals surface area (Å²) in [6.07, 6.45) is 0. The number of hydrogen-bond donors (Lipinski definition) is 1. The summed E-state index contributed by atoms with van der Waals surface area (Å²) in [6, 6.07) is 5.76. The molecule has 1 aromatic rings. The van der Waals surface area contributed by atoms with E-state index < -0.39 is 12.5 Å². The fourth-order valence-corrected chi connectivity index (χ4v) is 1.26. The van der Waals surface area contributed by atoms with Crippen molar-refractivity contribution in [3.8, 4) is 5.75 Å². The van der Waals surface area contributed by atoms with E-state index in [0.717, 1.165) is 6.54 Å². The highest BCUT2D eigenvalue weighted by molar-refractivity contribution is 5.30. The first-order valence-electron chi connectivity index (χ1n) is 5.41. The number of halogens is 2. The highest BCUT2D eigenvalue weighted by atomic mass is 19.3. The van der Waals surface area contributed by atoms with E-state index >= 15 is 0 Å². The first-order valence-corrected chi connectivity index (χ1v) is 5.41. The molecule has 0 aliphatic rings. The highest BCUT2D eigenvalue weighted by Gasteiger charge is 2.29. The molecule has 5 heteroatoms. The summed E-state index contributed by atoms with van der Waals surface area (Å²) in [4.78, 5) is 1.98. The molecular formula is C12H18F2N2O. The van der Waals surface area contributed by atoms with Gasteiger partial charge in [-0.1, -0.05) is 0 Å². The van der Waals surface area contributed by atoms with E-state index in [-0.39, 0.29) is 5.56 Å². The molecule has 1 rings (SSSR count). The molecule has 0 saturated heterocycles. The van der Waals surface area contributed by atoms with Crippen LogP contribution in [0.2, 0.25) is 0 Å². The quantitative estimate of drug-likeness (QED) is 0.827. The van der Waals surface area contributed by atoms with Gasteiger partial charge in [-0.2, -0.15) is 8.78 Å². The number of rotatable bonds is 6. The smallest absolute Gasteiger partial charge is 0.285 e. The Morgan fingerprint density at radius 3 is 2.29 bits per heavy atom. The monoisotopic (exact) mass is 244 g/mol. The van der Waals surface area contributed by atoms with Crippen molar-refractivity contribution in [2.75, 3.05) is 33.8 Å². The van der Waals surface area contributed by atoms with Crippen LogP contribution in [0.5, 0.6) is 5.75 Å². The number of likely N-dealkylation sites (N-methyl/N-ethyl adjacent to an activating group) is 1. The van der Waals surface area contributed by atoms with Crippen molar-refractivity contribution < 1.29 is 13.5 Å². The van der Waals surface area contributed by atoms with E-state index in [4.69, 9.17) is 10.5 Å². The molecule has 0 heterocycles. The molecular weight excluding hydrogens is 226 g/mol. The first kappa shape index (κ1) is 13.9. The second kappa shape index (κ2) is 5.93. The Labute approximate surface area is 100 Å². The zero-order valence-corrected chi connectivity index (χ0v) is 10.1. The van der Waals surface area contributed by atoms with Gasteiger partial charge in [-0.25, -0.2) is 0 Å². The summed E-state index contributed by atoms with van der Waals surface area (Å²) in [5, 5.41) is 0. The van der Waals surface area contributed by atoms with E-state index in [2.05, 4.69) is 0 Å². The Morgan fingerprint density at radius 1 is 1.24 bits per heavy atom. The SMILES string of the molecule is CN(C)CCOc1ccc(C(F)(F)CN)cc1. The van der Waals surface area contributed by atoms with Crippen LogP contribution in [-0.4, -0.2) is 38.7 Å². The van der Waals surface area contributed by atoms with E-state index in [1.165, 1.54) is 24.3 Å². The Bertz CT molecular complexity index is 339. The summed E-state index contributed by atoms with van der Waals surface area (Å²) < 4.78 is 31.8. The van der Waals surface area contributed by atoms with Crippen LogP contribution in [0.15, 0.2) is 24.3 Å². The van der Waals surface area contributed by atoms with Crippen molar-refractivity contribution >= 4 is 0 Å². The lowest BCUT2D eigenvalue weighted by Crippen LogP contribution is -2.25. The second-order valence-electron chi connectivity index (χ2n) is 4.08. The molecule has 1 aromatic carbocycles. The van der Waals surface area contributed by atoms with Crippen molar-refractivity contribution in [2.24, 2.45) is 5.73 Å². The predicted molar refractivity (Wildman–Crippen MR) is 63.4 cm³/mol. The molecule has 0 spiro atoms. The minimum absolute atomic E-state index is 0.0834. The van der Waals surface area contributed by atoms with Gasteiger partial charge >= 0.3 is 0 Å². The zero-order chi connectivity index (χ0) is 12.9. The van der Waals surface area contributed by atoms with E-state index in [9.17, 15) is 8.78 Å². The van der Waals surface area contributed by atoms with E-state index in [0.29, 0.717) is 12.4 Å². The summed E-state index contributed by atoms with van der Waals surface area (Å²) >= 11 is 0. The van der Waals surface area contributed by atoms with E-state index in [1.807, 2.05) is 19.0 Å². The van der Waals surface area contributed by atoms with Crippen LogP contribution in [0.25, 0.3) is 0 Å². The van der Waals surface area contributed by atoms with Gasteiger partial charge in [0, 0.05) is 12.1 Å². The molecule has 3 nitrogen and oxygen atoms in total. The van der Waals surface area contributed by atoms with Crippen LogP contribution >= 0.6 is 0 Å². The van der Waals surface area contributed by atoms with Crippen LogP contribution in [0.3, 0.4) is 0 Å². The molecule has 17 heavy (non-hydrogen) atoms. The molecule has 0 radical (unpaired) electrons. The summed E-state index contributed by atoms with van der Waals surface area (Å²) in [7, 11) is 3.88. The minimum atomic E-state index is -2.97. The number of nitrogens with two attached hydrogens (primary N) is 1. The molecule has 0 aromatic heterocycles. The topological polar surface area (TPSA) is 38.5 Å². The van der Waals surface area contributed by atoms with Gasteiger partial charge in [0.1, 0.15) is 12.4 Å². The van der Waals surface area contributed by atoms with Crippen molar-refractivity contribution in [3.63, 3.8) is 0 Å². The molecule has 0 saturated carbocycles. The van der Waals surface area contributed by atoms with Gasteiger partial charge in [-0.3, -0.25) is 0 Å². The Balaban J connectivity index is 2.56. The maximum atomic E-state index is 13.2. The van der Waals surface area contributed by atoms with Crippen LogP contribution in [0.4, 0.5) is 8.78 Å². The Kier molecular flexibility index (Phi) is 4.84. The molecule has 96 valence electrons. The van der Waals surface area contributed by atoms with Crippen molar-refractivity contribution in [3.05, 3.63) is 29.8 Å². The van der Waals surface area contributed by atoms with Crippen molar-refractivity contribution in [2.45, 2.75) is 5.92 Å². The van der Waals surface area contributed by atoms with Gasteiger partial charge < -0.3 is 15.4 Å². The average molecular weight is 244 g/mol. The molecule has 0 atom stereocenters. The van der Waals surface area contributed by atoms with Crippen molar-refractivity contribution in [1.82, 2.24) is 4.90 Å². The van der Waals surface area contributed by atoms with Crippen LogP contribution in [0.1, 0.15) is 5.56 Å². The van der Waals surface area contributed by atoms with Crippen LogP contribution < -0.4 is 10.5 Å². The molecule has 2 N–H and O–H groups in total. The highest BCUT2D eigenvalue weighted by Crippen LogP contribution is 2.27. The van der Waals surface area contributed by atoms with Gasteiger partial charge in [0.15, 0.2) is 0 Å².